The second-order valence-corrected chi connectivity index (χ2v) is 6.54. The third-order valence-corrected chi connectivity index (χ3v) is 4.49. The van der Waals surface area contributed by atoms with E-state index in [1.54, 1.807) is 11.3 Å². The Bertz CT molecular complexity index is 504. The highest BCUT2D eigenvalue weighted by Crippen LogP contribution is 2.25. The number of rotatable bonds is 7. The van der Waals surface area contributed by atoms with Crippen molar-refractivity contribution < 1.29 is 4.42 Å². The molecule has 0 spiro atoms. The molecule has 0 bridgehead atoms. The lowest BCUT2D eigenvalue weighted by molar-refractivity contribution is 0.235. The van der Waals surface area contributed by atoms with Crippen molar-refractivity contribution in [3.8, 4) is 0 Å². The fraction of sp³-hybridized carbons (Fsp3) is 0.500. The molecule has 2 aromatic heterocycles. The molecule has 0 amide bonds. The third kappa shape index (κ3) is 4.20. The van der Waals surface area contributed by atoms with Crippen molar-refractivity contribution in [2.75, 3.05) is 7.05 Å². The maximum Gasteiger partial charge on any atom is 0.118 e. The van der Waals surface area contributed by atoms with Crippen LogP contribution in [0, 0.1) is 0 Å². The van der Waals surface area contributed by atoms with E-state index in [0.717, 1.165) is 18.8 Å². The molecule has 1 atom stereocenters. The van der Waals surface area contributed by atoms with Crippen LogP contribution in [0.25, 0.3) is 0 Å². The predicted molar refractivity (Wildman–Crippen MR) is 84.9 cm³/mol. The Morgan fingerprint density at radius 3 is 2.80 bits per heavy atom. The number of hydrogen-bond donors (Lipinski definition) is 1. The largest absolute Gasteiger partial charge is 0.468 e. The molecule has 0 saturated heterocycles. The number of nitrogens with zero attached hydrogens (tertiary/aromatic N) is 1. The Hall–Kier alpha value is -1.10. The molecule has 0 aliphatic carbocycles. The molecular formula is C16H24N2OS. The maximum absolute atomic E-state index is 5.66. The Morgan fingerprint density at radius 2 is 2.15 bits per heavy atom. The monoisotopic (exact) mass is 292 g/mol. The standard InChI is InChI=1S/C16H24N2OS/c1-12(2)17-9-14-8-15(19-11-14)10-18(4)13(3)16-6-5-7-20-16/h5-8,11-13,17H,9-10H2,1-4H3. The van der Waals surface area contributed by atoms with Gasteiger partial charge in [-0.25, -0.2) is 0 Å². The number of thiophene rings is 1. The summed E-state index contributed by atoms with van der Waals surface area (Å²) in [5, 5.41) is 5.53. The van der Waals surface area contributed by atoms with Crippen LogP contribution in [0.3, 0.4) is 0 Å². The molecule has 1 unspecified atom stereocenters. The number of furan rings is 1. The molecule has 0 aromatic carbocycles. The zero-order valence-electron chi connectivity index (χ0n) is 12.7. The van der Waals surface area contributed by atoms with Crippen LogP contribution >= 0.6 is 11.3 Å². The van der Waals surface area contributed by atoms with Crippen molar-refractivity contribution in [1.82, 2.24) is 10.2 Å². The first-order valence-corrected chi connectivity index (χ1v) is 7.97. The molecule has 0 fully saturated rings. The Kier molecular flexibility index (Phi) is 5.40. The van der Waals surface area contributed by atoms with Crippen molar-refractivity contribution in [2.45, 2.75) is 45.9 Å². The van der Waals surface area contributed by atoms with Gasteiger partial charge in [-0.1, -0.05) is 19.9 Å². The number of nitrogens with one attached hydrogen (secondary N) is 1. The lowest BCUT2D eigenvalue weighted by Gasteiger charge is -2.22. The molecule has 1 N–H and O–H groups in total. The summed E-state index contributed by atoms with van der Waals surface area (Å²) in [7, 11) is 2.14. The summed E-state index contributed by atoms with van der Waals surface area (Å²) in [5.41, 5.74) is 1.21. The minimum absolute atomic E-state index is 0.414. The molecule has 4 heteroatoms. The molecule has 3 nitrogen and oxygen atoms in total. The Labute approximate surface area is 125 Å². The van der Waals surface area contributed by atoms with Crippen LogP contribution in [-0.2, 0) is 13.1 Å². The molecule has 0 aliphatic heterocycles. The Morgan fingerprint density at radius 1 is 1.35 bits per heavy atom. The highest BCUT2D eigenvalue weighted by Gasteiger charge is 2.14. The third-order valence-electron chi connectivity index (χ3n) is 3.44. The number of hydrogen-bond acceptors (Lipinski definition) is 4. The van der Waals surface area contributed by atoms with Gasteiger partial charge in [0.1, 0.15) is 5.76 Å². The van der Waals surface area contributed by atoms with Gasteiger partial charge in [0.05, 0.1) is 12.8 Å². The van der Waals surface area contributed by atoms with Gasteiger partial charge in [0.25, 0.3) is 0 Å². The van der Waals surface area contributed by atoms with Gasteiger partial charge >= 0.3 is 0 Å². The first-order chi connectivity index (χ1) is 9.56. The fourth-order valence-electron chi connectivity index (χ4n) is 2.05. The van der Waals surface area contributed by atoms with Crippen molar-refractivity contribution in [1.29, 1.82) is 0 Å². The smallest absolute Gasteiger partial charge is 0.118 e. The van der Waals surface area contributed by atoms with Gasteiger partial charge < -0.3 is 9.73 Å². The van der Waals surface area contributed by atoms with Crippen LogP contribution in [0.4, 0.5) is 0 Å². The lowest BCUT2D eigenvalue weighted by Crippen LogP contribution is -2.21. The van der Waals surface area contributed by atoms with Gasteiger partial charge in [-0.05, 0) is 31.5 Å². The minimum atomic E-state index is 0.414. The van der Waals surface area contributed by atoms with Crippen molar-refractivity contribution >= 4 is 11.3 Å². The Balaban J connectivity index is 1.89. The van der Waals surface area contributed by atoms with E-state index in [9.17, 15) is 0 Å². The van der Waals surface area contributed by atoms with E-state index in [2.05, 4.69) is 61.6 Å². The van der Waals surface area contributed by atoms with Crippen LogP contribution in [0.15, 0.2) is 34.3 Å². The molecular weight excluding hydrogens is 268 g/mol. The summed E-state index contributed by atoms with van der Waals surface area (Å²) >= 11 is 1.80. The van der Waals surface area contributed by atoms with E-state index < -0.39 is 0 Å². The van der Waals surface area contributed by atoms with Crippen LogP contribution in [-0.4, -0.2) is 18.0 Å². The molecule has 0 aliphatic rings. The van der Waals surface area contributed by atoms with Gasteiger partial charge in [0, 0.05) is 29.1 Å². The topological polar surface area (TPSA) is 28.4 Å². The van der Waals surface area contributed by atoms with Gasteiger partial charge in [-0.15, -0.1) is 11.3 Å². The fourth-order valence-corrected chi connectivity index (χ4v) is 2.90. The van der Waals surface area contributed by atoms with Crippen LogP contribution in [0.2, 0.25) is 0 Å². The van der Waals surface area contributed by atoms with Gasteiger partial charge in [-0.2, -0.15) is 0 Å². The summed E-state index contributed by atoms with van der Waals surface area (Å²) in [6.07, 6.45) is 1.86. The molecule has 2 heterocycles. The molecule has 2 rings (SSSR count). The summed E-state index contributed by atoms with van der Waals surface area (Å²) in [6.45, 7) is 8.23. The zero-order chi connectivity index (χ0) is 14.5. The summed E-state index contributed by atoms with van der Waals surface area (Å²) in [4.78, 5) is 3.70. The molecule has 2 aromatic rings. The van der Waals surface area contributed by atoms with E-state index >= 15 is 0 Å². The van der Waals surface area contributed by atoms with E-state index in [1.807, 2.05) is 6.26 Å². The molecule has 0 radical (unpaired) electrons. The normalized spacial score (nSPS) is 13.3. The minimum Gasteiger partial charge on any atom is -0.468 e. The highest BCUT2D eigenvalue weighted by molar-refractivity contribution is 7.10. The molecule has 0 saturated carbocycles. The zero-order valence-corrected chi connectivity index (χ0v) is 13.5. The SMILES string of the molecule is CC(C)NCc1coc(CN(C)C(C)c2cccs2)c1. The molecule has 20 heavy (non-hydrogen) atoms. The summed E-state index contributed by atoms with van der Waals surface area (Å²) in [6, 6.07) is 7.35. The average molecular weight is 292 g/mol. The van der Waals surface area contributed by atoms with Crippen LogP contribution in [0.1, 0.15) is 43.0 Å². The molecule has 110 valence electrons. The second-order valence-electron chi connectivity index (χ2n) is 5.56. The lowest BCUT2D eigenvalue weighted by atomic mass is 10.2. The maximum atomic E-state index is 5.66. The first kappa shape index (κ1) is 15.3. The van der Waals surface area contributed by atoms with E-state index in [0.29, 0.717) is 12.1 Å². The van der Waals surface area contributed by atoms with Gasteiger partial charge in [0.15, 0.2) is 0 Å². The van der Waals surface area contributed by atoms with Crippen LogP contribution in [0.5, 0.6) is 0 Å². The van der Waals surface area contributed by atoms with Gasteiger partial charge in [-0.3, -0.25) is 4.90 Å². The summed E-state index contributed by atoms with van der Waals surface area (Å²) in [5.74, 6) is 1.02. The van der Waals surface area contributed by atoms with E-state index in [1.165, 1.54) is 10.4 Å². The van der Waals surface area contributed by atoms with Gasteiger partial charge in [0.2, 0.25) is 0 Å². The van der Waals surface area contributed by atoms with Crippen molar-refractivity contribution in [2.24, 2.45) is 0 Å². The first-order valence-electron chi connectivity index (χ1n) is 7.09. The highest BCUT2D eigenvalue weighted by atomic mass is 32.1. The summed E-state index contributed by atoms with van der Waals surface area (Å²) < 4.78 is 5.66. The van der Waals surface area contributed by atoms with E-state index in [4.69, 9.17) is 4.42 Å². The van der Waals surface area contributed by atoms with Crippen molar-refractivity contribution in [3.63, 3.8) is 0 Å². The second kappa shape index (κ2) is 7.07. The van der Waals surface area contributed by atoms with E-state index in [-0.39, 0.29) is 0 Å². The quantitative estimate of drug-likeness (QED) is 0.835. The predicted octanol–water partition coefficient (Wildman–Crippen LogP) is 4.03. The van der Waals surface area contributed by atoms with Crippen molar-refractivity contribution in [3.05, 3.63) is 46.0 Å². The average Bonchev–Trinajstić information content (AvgIpc) is 3.06. The van der Waals surface area contributed by atoms with Crippen LogP contribution < -0.4 is 5.32 Å².